The van der Waals surface area contributed by atoms with Gasteiger partial charge in [0.15, 0.2) is 17.4 Å². The van der Waals surface area contributed by atoms with Crippen molar-refractivity contribution < 1.29 is 27.9 Å². The molecule has 2 fully saturated rings. The minimum absolute atomic E-state index is 0.132. The zero-order valence-electron chi connectivity index (χ0n) is 18.6. The number of piperidine rings is 1. The van der Waals surface area contributed by atoms with Gasteiger partial charge in [0.1, 0.15) is 0 Å². The van der Waals surface area contributed by atoms with Crippen molar-refractivity contribution in [2.75, 3.05) is 40.5 Å². The number of amides is 1. The van der Waals surface area contributed by atoms with Crippen LogP contribution in [0.4, 0.5) is 4.39 Å². The quantitative estimate of drug-likeness (QED) is 0.645. The van der Waals surface area contributed by atoms with E-state index in [0.29, 0.717) is 55.9 Å². The Balaban J connectivity index is 1.32. The van der Waals surface area contributed by atoms with Gasteiger partial charge in [-0.1, -0.05) is 5.16 Å². The van der Waals surface area contributed by atoms with Crippen LogP contribution >= 0.6 is 0 Å². The van der Waals surface area contributed by atoms with E-state index in [1.165, 1.54) is 19.2 Å². The highest BCUT2D eigenvalue weighted by molar-refractivity contribution is 5.94. The van der Waals surface area contributed by atoms with E-state index < -0.39 is 5.82 Å². The first-order valence-corrected chi connectivity index (χ1v) is 11.1. The fourth-order valence-corrected chi connectivity index (χ4v) is 4.67. The molecule has 32 heavy (non-hydrogen) atoms. The summed E-state index contributed by atoms with van der Waals surface area (Å²) in [5.41, 5.74) is 0.103. The first-order chi connectivity index (χ1) is 15.5. The summed E-state index contributed by atoms with van der Waals surface area (Å²) in [5, 5.41) is 4.02. The summed E-state index contributed by atoms with van der Waals surface area (Å²) >= 11 is 0. The highest BCUT2D eigenvalue weighted by Crippen LogP contribution is 2.39. The Morgan fingerprint density at radius 1 is 1.31 bits per heavy atom. The molecule has 3 heterocycles. The van der Waals surface area contributed by atoms with Gasteiger partial charge >= 0.3 is 0 Å². The Kier molecular flexibility index (Phi) is 7.05. The molecule has 0 bridgehead atoms. The van der Waals surface area contributed by atoms with E-state index in [4.69, 9.17) is 18.7 Å². The first-order valence-electron chi connectivity index (χ1n) is 11.1. The minimum Gasteiger partial charge on any atom is -0.494 e. The summed E-state index contributed by atoms with van der Waals surface area (Å²) in [6, 6.07) is 4.33. The second-order valence-corrected chi connectivity index (χ2v) is 8.58. The maximum atomic E-state index is 14.0. The molecule has 1 atom stereocenters. The molecule has 2 aliphatic heterocycles. The smallest absolute Gasteiger partial charge is 0.253 e. The normalized spacial score (nSPS) is 20.5. The van der Waals surface area contributed by atoms with Crippen LogP contribution in [-0.2, 0) is 22.3 Å². The number of carbonyl (C=O) groups is 1. The summed E-state index contributed by atoms with van der Waals surface area (Å²) in [6.07, 6.45) is 4.75. The Morgan fingerprint density at radius 3 is 2.84 bits per heavy atom. The number of aromatic nitrogens is 2. The SMILES string of the molecule is COCCc1noc(CC2CCOC3(CCN(C(=O)c4ccc(OC)c(F)c4)CC3)C2)n1. The number of nitrogens with zero attached hydrogens (tertiary/aromatic N) is 3. The van der Waals surface area contributed by atoms with E-state index in [1.807, 2.05) is 0 Å². The number of halogens is 1. The molecule has 1 amide bonds. The Morgan fingerprint density at radius 2 is 2.12 bits per heavy atom. The largest absolute Gasteiger partial charge is 0.494 e. The molecule has 2 aliphatic rings. The van der Waals surface area contributed by atoms with Gasteiger partial charge in [0, 0.05) is 45.2 Å². The van der Waals surface area contributed by atoms with E-state index in [9.17, 15) is 9.18 Å². The van der Waals surface area contributed by atoms with Crippen LogP contribution in [0.25, 0.3) is 0 Å². The van der Waals surface area contributed by atoms with Crippen LogP contribution in [0.5, 0.6) is 5.75 Å². The number of benzene rings is 1. The van der Waals surface area contributed by atoms with Crippen LogP contribution in [0.2, 0.25) is 0 Å². The third kappa shape index (κ3) is 5.10. The molecule has 2 aromatic rings. The van der Waals surface area contributed by atoms with Crippen LogP contribution in [0, 0.1) is 11.7 Å². The monoisotopic (exact) mass is 447 g/mol. The third-order valence-corrected chi connectivity index (χ3v) is 6.46. The lowest BCUT2D eigenvalue weighted by molar-refractivity contribution is -0.124. The molecular weight excluding hydrogens is 417 g/mol. The highest BCUT2D eigenvalue weighted by atomic mass is 19.1. The zero-order valence-corrected chi connectivity index (χ0v) is 18.6. The summed E-state index contributed by atoms with van der Waals surface area (Å²) in [7, 11) is 3.05. The van der Waals surface area contributed by atoms with Crippen molar-refractivity contribution in [3.8, 4) is 5.75 Å². The molecule has 4 rings (SSSR count). The summed E-state index contributed by atoms with van der Waals surface area (Å²) in [6.45, 7) is 2.42. The predicted molar refractivity (Wildman–Crippen MR) is 113 cm³/mol. The van der Waals surface area contributed by atoms with Crippen molar-refractivity contribution in [2.24, 2.45) is 5.92 Å². The molecule has 1 unspecified atom stereocenters. The minimum atomic E-state index is -0.531. The first kappa shape index (κ1) is 22.7. The average molecular weight is 448 g/mol. The van der Waals surface area contributed by atoms with Crippen molar-refractivity contribution in [3.63, 3.8) is 0 Å². The molecule has 9 heteroatoms. The molecule has 8 nitrogen and oxygen atoms in total. The van der Waals surface area contributed by atoms with Crippen molar-refractivity contribution in [1.82, 2.24) is 15.0 Å². The molecule has 0 saturated carbocycles. The predicted octanol–water partition coefficient (Wildman–Crippen LogP) is 3.05. The zero-order chi connectivity index (χ0) is 22.6. The average Bonchev–Trinajstić information content (AvgIpc) is 3.25. The second-order valence-electron chi connectivity index (χ2n) is 8.58. The highest BCUT2D eigenvalue weighted by Gasteiger charge is 2.41. The fourth-order valence-electron chi connectivity index (χ4n) is 4.67. The lowest BCUT2D eigenvalue weighted by Gasteiger charge is -2.46. The number of hydrogen-bond acceptors (Lipinski definition) is 7. The van der Waals surface area contributed by atoms with Gasteiger partial charge in [-0.15, -0.1) is 0 Å². The van der Waals surface area contributed by atoms with Crippen LogP contribution in [0.15, 0.2) is 22.7 Å². The Hall–Kier alpha value is -2.52. The van der Waals surface area contributed by atoms with E-state index in [1.54, 1.807) is 18.1 Å². The molecule has 1 aromatic heterocycles. The van der Waals surface area contributed by atoms with E-state index in [-0.39, 0.29) is 17.3 Å². The number of hydrogen-bond donors (Lipinski definition) is 0. The fraction of sp³-hybridized carbons (Fsp3) is 0.609. The van der Waals surface area contributed by atoms with Gasteiger partial charge in [0.25, 0.3) is 5.91 Å². The van der Waals surface area contributed by atoms with Crippen molar-refractivity contribution in [1.29, 1.82) is 0 Å². The Bertz CT molecular complexity index is 926. The number of rotatable bonds is 7. The van der Waals surface area contributed by atoms with E-state index in [0.717, 1.165) is 32.1 Å². The molecule has 1 spiro atoms. The number of likely N-dealkylation sites (tertiary alicyclic amines) is 1. The molecule has 0 aliphatic carbocycles. The van der Waals surface area contributed by atoms with Gasteiger partial charge in [-0.25, -0.2) is 4.39 Å². The second kappa shape index (κ2) is 9.95. The Labute approximate surface area is 187 Å². The van der Waals surface area contributed by atoms with Crippen molar-refractivity contribution >= 4 is 5.91 Å². The van der Waals surface area contributed by atoms with E-state index in [2.05, 4.69) is 10.1 Å². The van der Waals surface area contributed by atoms with Gasteiger partial charge in [-0.2, -0.15) is 4.98 Å². The van der Waals surface area contributed by atoms with Crippen LogP contribution in [0.3, 0.4) is 0 Å². The number of carbonyl (C=O) groups excluding carboxylic acids is 1. The maximum Gasteiger partial charge on any atom is 0.253 e. The lowest BCUT2D eigenvalue weighted by Crippen LogP contribution is -2.51. The summed E-state index contributed by atoms with van der Waals surface area (Å²) in [4.78, 5) is 19.1. The standard InChI is InChI=1S/C23H30FN3O5/c1-29-11-6-20-25-21(32-26-20)13-16-5-12-31-23(15-16)7-9-27(10-8-23)22(28)17-3-4-19(30-2)18(24)14-17/h3-4,14,16H,5-13,15H2,1-2H3. The molecule has 2 saturated heterocycles. The van der Waals surface area contributed by atoms with Gasteiger partial charge in [-0.05, 0) is 49.8 Å². The third-order valence-electron chi connectivity index (χ3n) is 6.46. The van der Waals surface area contributed by atoms with Crippen LogP contribution in [0.1, 0.15) is 47.8 Å². The van der Waals surface area contributed by atoms with Gasteiger partial charge in [0.2, 0.25) is 5.89 Å². The molecule has 174 valence electrons. The van der Waals surface area contributed by atoms with E-state index >= 15 is 0 Å². The van der Waals surface area contributed by atoms with Gasteiger partial charge < -0.3 is 23.6 Å². The number of methoxy groups -OCH3 is 2. The van der Waals surface area contributed by atoms with Crippen molar-refractivity contribution in [2.45, 2.75) is 44.1 Å². The van der Waals surface area contributed by atoms with Crippen LogP contribution in [-0.4, -0.2) is 67.1 Å². The molecule has 1 aromatic carbocycles. The topological polar surface area (TPSA) is 86.9 Å². The maximum absolute atomic E-state index is 14.0. The summed E-state index contributed by atoms with van der Waals surface area (Å²) in [5.74, 6) is 1.17. The van der Waals surface area contributed by atoms with Gasteiger partial charge in [0.05, 0.1) is 19.3 Å². The molecular formula is C23H30FN3O5. The number of ether oxygens (including phenoxy) is 3. The lowest BCUT2D eigenvalue weighted by atomic mass is 9.78. The molecule has 0 N–H and O–H groups in total. The van der Waals surface area contributed by atoms with Crippen molar-refractivity contribution in [3.05, 3.63) is 41.3 Å². The van der Waals surface area contributed by atoms with Crippen LogP contribution < -0.4 is 4.74 Å². The molecule has 0 radical (unpaired) electrons. The van der Waals surface area contributed by atoms with Gasteiger partial charge in [-0.3, -0.25) is 4.79 Å². The summed E-state index contributed by atoms with van der Waals surface area (Å²) < 4.78 is 35.6.